The van der Waals surface area contributed by atoms with E-state index in [1.54, 1.807) is 12.1 Å². The molecule has 0 saturated carbocycles. The highest BCUT2D eigenvalue weighted by atomic mass is 19.1. The van der Waals surface area contributed by atoms with Gasteiger partial charge < -0.3 is 10.2 Å². The molecule has 1 fully saturated rings. The Kier molecular flexibility index (Phi) is 5.34. The third-order valence-electron chi connectivity index (χ3n) is 4.75. The van der Waals surface area contributed by atoms with E-state index in [0.29, 0.717) is 0 Å². The molecule has 2 aromatic carbocycles. The van der Waals surface area contributed by atoms with Crippen LogP contribution in [-0.4, -0.2) is 43.0 Å². The predicted octanol–water partition coefficient (Wildman–Crippen LogP) is 3.28. The number of nitrogens with zero attached hydrogens (tertiary/aromatic N) is 2. The third kappa shape index (κ3) is 4.17. The largest absolute Gasteiger partial charge is 0.369 e. The van der Waals surface area contributed by atoms with Crippen LogP contribution in [0.3, 0.4) is 0 Å². The van der Waals surface area contributed by atoms with Crippen molar-refractivity contribution in [3.05, 3.63) is 59.9 Å². The van der Waals surface area contributed by atoms with E-state index in [4.69, 9.17) is 0 Å². The fourth-order valence-electron chi connectivity index (χ4n) is 3.13. The van der Waals surface area contributed by atoms with E-state index in [1.165, 1.54) is 11.8 Å². The molecule has 1 heterocycles. The molecular weight excluding hydrogens is 317 g/mol. The Morgan fingerprint density at radius 2 is 1.76 bits per heavy atom. The molecule has 0 aromatic heterocycles. The number of anilines is 2. The number of hydrogen-bond donors (Lipinski definition) is 1. The number of benzene rings is 2. The molecule has 25 heavy (non-hydrogen) atoms. The highest BCUT2D eigenvalue weighted by Gasteiger charge is 2.26. The third-order valence-corrected chi connectivity index (χ3v) is 4.75. The summed E-state index contributed by atoms with van der Waals surface area (Å²) in [7, 11) is 0. The number of rotatable bonds is 4. The summed E-state index contributed by atoms with van der Waals surface area (Å²) in [5.41, 5.74) is 2.28. The fraction of sp³-hybridized carbons (Fsp3) is 0.350. The van der Waals surface area contributed by atoms with Crippen LogP contribution in [0, 0.1) is 12.7 Å². The average Bonchev–Trinajstić information content (AvgIpc) is 2.64. The minimum atomic E-state index is -0.394. The van der Waals surface area contributed by atoms with Gasteiger partial charge >= 0.3 is 0 Å². The lowest BCUT2D eigenvalue weighted by atomic mass is 10.1. The Bertz CT molecular complexity index is 727. The number of aryl methyl sites for hydroxylation is 1. The van der Waals surface area contributed by atoms with Gasteiger partial charge in [-0.2, -0.15) is 0 Å². The molecule has 2 aromatic rings. The second-order valence-electron chi connectivity index (χ2n) is 6.51. The first-order valence-corrected chi connectivity index (χ1v) is 8.65. The second kappa shape index (κ2) is 7.66. The number of nitrogens with one attached hydrogen (secondary N) is 1. The minimum absolute atomic E-state index is 0.170. The number of amides is 1. The van der Waals surface area contributed by atoms with Crippen molar-refractivity contribution in [2.45, 2.75) is 19.9 Å². The maximum Gasteiger partial charge on any atom is 0.241 e. The maximum absolute atomic E-state index is 13.9. The molecule has 5 heteroatoms. The average molecular weight is 341 g/mol. The zero-order chi connectivity index (χ0) is 17.8. The minimum Gasteiger partial charge on any atom is -0.369 e. The Hall–Kier alpha value is -2.40. The lowest BCUT2D eigenvalue weighted by Crippen LogP contribution is -2.52. The summed E-state index contributed by atoms with van der Waals surface area (Å²) < 4.78 is 13.9. The summed E-state index contributed by atoms with van der Waals surface area (Å²) in [5, 5.41) is 2.71. The number of carbonyl (C=O) groups is 1. The van der Waals surface area contributed by atoms with E-state index >= 15 is 0 Å². The molecule has 1 N–H and O–H groups in total. The Labute approximate surface area is 148 Å². The molecule has 0 aliphatic carbocycles. The fourth-order valence-corrected chi connectivity index (χ4v) is 3.13. The van der Waals surface area contributed by atoms with Crippen LogP contribution in [0.15, 0.2) is 48.5 Å². The van der Waals surface area contributed by atoms with Gasteiger partial charge in [0, 0.05) is 31.9 Å². The summed E-state index contributed by atoms with van der Waals surface area (Å²) in [5.74, 6) is -0.564. The van der Waals surface area contributed by atoms with Crippen LogP contribution >= 0.6 is 0 Å². The molecule has 3 rings (SSSR count). The van der Waals surface area contributed by atoms with Gasteiger partial charge in [0.2, 0.25) is 5.91 Å². The van der Waals surface area contributed by atoms with Crippen LogP contribution in [0.25, 0.3) is 0 Å². The second-order valence-corrected chi connectivity index (χ2v) is 6.51. The quantitative estimate of drug-likeness (QED) is 0.927. The van der Waals surface area contributed by atoms with Crippen molar-refractivity contribution in [3.63, 3.8) is 0 Å². The van der Waals surface area contributed by atoms with Gasteiger partial charge in [0.15, 0.2) is 0 Å². The number of para-hydroxylation sites is 1. The smallest absolute Gasteiger partial charge is 0.241 e. The van der Waals surface area contributed by atoms with Crippen LogP contribution in [0.4, 0.5) is 15.8 Å². The molecule has 1 aliphatic heterocycles. The van der Waals surface area contributed by atoms with Crippen LogP contribution in [0.1, 0.15) is 12.5 Å². The Morgan fingerprint density at radius 3 is 2.40 bits per heavy atom. The molecule has 1 saturated heterocycles. The van der Waals surface area contributed by atoms with Crippen LogP contribution in [0.5, 0.6) is 0 Å². The predicted molar refractivity (Wildman–Crippen MR) is 99.5 cm³/mol. The van der Waals surface area contributed by atoms with Crippen molar-refractivity contribution in [1.29, 1.82) is 0 Å². The molecule has 1 unspecified atom stereocenters. The summed E-state index contributed by atoms with van der Waals surface area (Å²) >= 11 is 0. The molecule has 4 nitrogen and oxygen atoms in total. The summed E-state index contributed by atoms with van der Waals surface area (Å²) in [6.45, 7) is 7.06. The van der Waals surface area contributed by atoms with Crippen LogP contribution in [0.2, 0.25) is 0 Å². The van der Waals surface area contributed by atoms with Gasteiger partial charge in [-0.3, -0.25) is 9.69 Å². The molecule has 1 amide bonds. The van der Waals surface area contributed by atoms with E-state index in [-0.39, 0.29) is 17.6 Å². The summed E-state index contributed by atoms with van der Waals surface area (Å²) in [6, 6.07) is 14.8. The maximum atomic E-state index is 13.9. The van der Waals surface area contributed by atoms with E-state index in [2.05, 4.69) is 27.2 Å². The van der Waals surface area contributed by atoms with Crippen LogP contribution in [-0.2, 0) is 4.79 Å². The highest BCUT2D eigenvalue weighted by Crippen LogP contribution is 2.19. The first-order chi connectivity index (χ1) is 12.0. The molecular formula is C20H24FN3O. The van der Waals surface area contributed by atoms with Gasteiger partial charge in [-0.25, -0.2) is 4.39 Å². The number of piperazine rings is 1. The lowest BCUT2D eigenvalue weighted by Gasteiger charge is -2.38. The van der Waals surface area contributed by atoms with Gasteiger partial charge in [0.25, 0.3) is 0 Å². The molecule has 0 radical (unpaired) electrons. The first kappa shape index (κ1) is 17.4. The Balaban J connectivity index is 1.56. The number of halogens is 1. The van der Waals surface area contributed by atoms with Crippen molar-refractivity contribution in [2.75, 3.05) is 36.4 Å². The van der Waals surface area contributed by atoms with Gasteiger partial charge in [-0.1, -0.05) is 24.3 Å². The van der Waals surface area contributed by atoms with E-state index in [9.17, 15) is 9.18 Å². The van der Waals surface area contributed by atoms with E-state index in [1.807, 2.05) is 32.0 Å². The van der Waals surface area contributed by atoms with Crippen LogP contribution < -0.4 is 10.2 Å². The number of carbonyl (C=O) groups excluding carboxylic acids is 1. The van der Waals surface area contributed by atoms with Gasteiger partial charge in [0.05, 0.1) is 11.7 Å². The monoisotopic (exact) mass is 341 g/mol. The molecule has 0 bridgehead atoms. The Morgan fingerprint density at radius 1 is 1.08 bits per heavy atom. The number of hydrogen-bond acceptors (Lipinski definition) is 3. The SMILES string of the molecule is Cc1ccc(NC(=O)C(C)N2CCN(c3ccccc3)CC2)c(F)c1. The van der Waals surface area contributed by atoms with Crippen molar-refractivity contribution < 1.29 is 9.18 Å². The van der Waals surface area contributed by atoms with Gasteiger partial charge in [-0.15, -0.1) is 0 Å². The highest BCUT2D eigenvalue weighted by molar-refractivity contribution is 5.94. The van der Waals surface area contributed by atoms with Crippen molar-refractivity contribution in [3.8, 4) is 0 Å². The zero-order valence-corrected chi connectivity index (χ0v) is 14.7. The molecule has 0 spiro atoms. The normalized spacial score (nSPS) is 16.5. The summed E-state index contributed by atoms with van der Waals surface area (Å²) in [6.07, 6.45) is 0. The summed E-state index contributed by atoms with van der Waals surface area (Å²) in [4.78, 5) is 16.9. The zero-order valence-electron chi connectivity index (χ0n) is 14.7. The molecule has 1 aliphatic rings. The van der Waals surface area contributed by atoms with Crippen molar-refractivity contribution in [1.82, 2.24) is 4.90 Å². The first-order valence-electron chi connectivity index (χ1n) is 8.65. The standard InChI is InChI=1S/C20H24FN3O/c1-15-8-9-19(18(21)14-15)22-20(25)16(2)23-10-12-24(13-11-23)17-6-4-3-5-7-17/h3-9,14,16H,10-13H2,1-2H3,(H,22,25). The van der Waals surface area contributed by atoms with E-state index in [0.717, 1.165) is 31.7 Å². The molecule has 1 atom stereocenters. The molecule has 132 valence electrons. The van der Waals surface area contributed by atoms with Gasteiger partial charge in [-0.05, 0) is 43.7 Å². The van der Waals surface area contributed by atoms with Crippen molar-refractivity contribution in [2.24, 2.45) is 0 Å². The topological polar surface area (TPSA) is 35.6 Å². The lowest BCUT2D eigenvalue weighted by molar-refractivity contribution is -0.120. The van der Waals surface area contributed by atoms with Gasteiger partial charge in [0.1, 0.15) is 5.82 Å². The van der Waals surface area contributed by atoms with E-state index < -0.39 is 5.82 Å². The van der Waals surface area contributed by atoms with Crippen molar-refractivity contribution >= 4 is 17.3 Å².